The molecule has 68 valence electrons. The number of carbonyl (C=O) groups is 1. The van der Waals surface area contributed by atoms with Gasteiger partial charge in [-0.15, -0.1) is 0 Å². The third-order valence-corrected chi connectivity index (χ3v) is 2.96. The van der Waals surface area contributed by atoms with E-state index in [9.17, 15) is 4.79 Å². The molecular formula is C10H12N2O. The fourth-order valence-corrected chi connectivity index (χ4v) is 2.00. The first kappa shape index (κ1) is 7.06. The van der Waals surface area contributed by atoms with E-state index >= 15 is 0 Å². The largest absolute Gasteiger partial charge is 0.310 e. The summed E-state index contributed by atoms with van der Waals surface area (Å²) in [5.74, 6) is 0.911. The Morgan fingerprint density at radius 1 is 1.62 bits per heavy atom. The van der Waals surface area contributed by atoms with Crippen molar-refractivity contribution in [3.8, 4) is 0 Å². The molecule has 0 saturated heterocycles. The molecule has 0 aromatic carbocycles. The summed E-state index contributed by atoms with van der Waals surface area (Å²) in [5.41, 5.74) is 2.05. The van der Waals surface area contributed by atoms with E-state index in [-0.39, 0.29) is 12.7 Å². The predicted molar refractivity (Wildman–Crippen MR) is 50.6 cm³/mol. The number of hydrogen-bond donors (Lipinski definition) is 1. The number of aromatic nitrogens is 1. The number of hydrogen-bond acceptors (Lipinski definition) is 2. The van der Waals surface area contributed by atoms with E-state index in [4.69, 9.17) is 0 Å². The molecule has 2 aliphatic rings. The molecular weight excluding hydrogens is 164 g/mol. The monoisotopic (exact) mass is 176 g/mol. The maximum Gasteiger partial charge on any atom is 0.236 e. The number of pyridine rings is 1. The first-order valence-corrected chi connectivity index (χ1v) is 4.51. The van der Waals surface area contributed by atoms with Crippen LogP contribution in [0.4, 0.5) is 5.82 Å². The Labute approximate surface area is 77.7 Å². The van der Waals surface area contributed by atoms with Gasteiger partial charge in [-0.05, 0) is 31.4 Å². The Hall–Kier alpha value is -1.38. The van der Waals surface area contributed by atoms with Gasteiger partial charge >= 0.3 is 0 Å². The zero-order valence-corrected chi connectivity index (χ0v) is 7.42. The molecule has 1 aliphatic heterocycles. The van der Waals surface area contributed by atoms with Crippen LogP contribution in [0.25, 0.3) is 0 Å². The van der Waals surface area contributed by atoms with Gasteiger partial charge in [0.25, 0.3) is 0 Å². The summed E-state index contributed by atoms with van der Waals surface area (Å²) < 4.78 is 0. The first-order chi connectivity index (χ1) is 6.22. The number of nitrogens with zero attached hydrogens (tertiary/aromatic N) is 1. The summed E-state index contributed by atoms with van der Waals surface area (Å²) in [7, 11) is 0. The van der Waals surface area contributed by atoms with Crippen LogP contribution in [0.3, 0.4) is 0 Å². The number of fused-ring (bicyclic) bond motifs is 2. The molecule has 13 heavy (non-hydrogen) atoms. The van der Waals surface area contributed by atoms with E-state index in [0.717, 1.165) is 29.8 Å². The van der Waals surface area contributed by atoms with Crippen molar-refractivity contribution >= 4 is 11.7 Å². The standard InChI is InChI=1S/C10H10N2O.H2/c1-6-4-7-8(11-5-6)12-9(13)10(7)2-3-10;/h4-5H,2-3H2,1H3,(H,11,12,13);1H. The van der Waals surface area contributed by atoms with Gasteiger partial charge in [-0.3, -0.25) is 4.79 Å². The van der Waals surface area contributed by atoms with Crippen LogP contribution in [0.1, 0.15) is 25.4 Å². The van der Waals surface area contributed by atoms with Crippen molar-refractivity contribution in [1.29, 1.82) is 0 Å². The molecule has 2 heterocycles. The number of carbonyl (C=O) groups excluding carboxylic acids is 1. The third-order valence-electron chi connectivity index (χ3n) is 2.96. The maximum atomic E-state index is 11.6. The van der Waals surface area contributed by atoms with Crippen molar-refractivity contribution in [2.45, 2.75) is 25.2 Å². The minimum atomic E-state index is -0.186. The molecule has 1 aromatic rings. The average molecular weight is 176 g/mol. The molecule has 1 saturated carbocycles. The molecule has 1 amide bonds. The van der Waals surface area contributed by atoms with E-state index in [1.807, 2.05) is 6.92 Å². The molecule has 1 spiro atoms. The lowest BCUT2D eigenvalue weighted by molar-refractivity contribution is -0.117. The second-order valence-electron chi connectivity index (χ2n) is 3.95. The lowest BCUT2D eigenvalue weighted by Gasteiger charge is -2.03. The van der Waals surface area contributed by atoms with Crippen molar-refractivity contribution in [3.05, 3.63) is 23.4 Å². The zero-order chi connectivity index (χ0) is 9.05. The van der Waals surface area contributed by atoms with Crippen LogP contribution in [-0.2, 0) is 10.2 Å². The van der Waals surface area contributed by atoms with Crippen LogP contribution in [0.15, 0.2) is 12.3 Å². The van der Waals surface area contributed by atoms with Crippen LogP contribution in [-0.4, -0.2) is 10.9 Å². The maximum absolute atomic E-state index is 11.6. The summed E-state index contributed by atoms with van der Waals surface area (Å²) in [6.45, 7) is 2.01. The van der Waals surface area contributed by atoms with Gasteiger partial charge in [0, 0.05) is 13.2 Å². The zero-order valence-electron chi connectivity index (χ0n) is 7.42. The Bertz CT molecular complexity index is 413. The summed E-state index contributed by atoms with van der Waals surface area (Å²) in [4.78, 5) is 15.8. The van der Waals surface area contributed by atoms with Crippen LogP contribution < -0.4 is 5.32 Å². The summed E-state index contributed by atoms with van der Waals surface area (Å²) in [6.07, 6.45) is 3.76. The second-order valence-corrected chi connectivity index (χ2v) is 3.95. The van der Waals surface area contributed by atoms with Crippen molar-refractivity contribution < 1.29 is 6.22 Å². The summed E-state index contributed by atoms with van der Waals surface area (Å²) in [6, 6.07) is 2.08. The fourth-order valence-electron chi connectivity index (χ4n) is 2.00. The van der Waals surface area contributed by atoms with Gasteiger partial charge in [-0.1, -0.05) is 0 Å². The van der Waals surface area contributed by atoms with Gasteiger partial charge in [-0.2, -0.15) is 0 Å². The lowest BCUT2D eigenvalue weighted by atomic mass is 9.99. The third kappa shape index (κ3) is 0.742. The summed E-state index contributed by atoms with van der Waals surface area (Å²) >= 11 is 0. The fraction of sp³-hybridized carbons (Fsp3) is 0.400. The number of aryl methyl sites for hydroxylation is 1. The summed E-state index contributed by atoms with van der Waals surface area (Å²) in [5, 5.41) is 2.83. The highest BCUT2D eigenvalue weighted by molar-refractivity contribution is 6.07. The van der Waals surface area contributed by atoms with E-state index in [0.29, 0.717) is 0 Å². The van der Waals surface area contributed by atoms with Crippen molar-refractivity contribution in [2.75, 3.05) is 5.32 Å². The highest BCUT2D eigenvalue weighted by Crippen LogP contribution is 2.54. The minimum Gasteiger partial charge on any atom is -0.310 e. The smallest absolute Gasteiger partial charge is 0.236 e. The molecule has 1 aromatic heterocycles. The first-order valence-electron chi connectivity index (χ1n) is 4.51. The normalized spacial score (nSPS) is 21.5. The Balaban J connectivity index is 0.000000750. The molecule has 0 radical (unpaired) electrons. The Morgan fingerprint density at radius 2 is 2.38 bits per heavy atom. The van der Waals surface area contributed by atoms with E-state index in [1.165, 1.54) is 0 Å². The molecule has 1 aliphatic carbocycles. The molecule has 1 fully saturated rings. The minimum absolute atomic E-state index is 0. The Morgan fingerprint density at radius 3 is 3.08 bits per heavy atom. The van der Waals surface area contributed by atoms with Crippen molar-refractivity contribution in [3.63, 3.8) is 0 Å². The predicted octanol–water partition coefficient (Wildman–Crippen LogP) is 1.62. The topological polar surface area (TPSA) is 42.0 Å². The molecule has 0 unspecified atom stereocenters. The van der Waals surface area contributed by atoms with Crippen molar-refractivity contribution in [1.82, 2.24) is 4.98 Å². The molecule has 0 bridgehead atoms. The van der Waals surface area contributed by atoms with E-state index in [2.05, 4.69) is 16.4 Å². The van der Waals surface area contributed by atoms with Crippen LogP contribution in [0.5, 0.6) is 0 Å². The van der Waals surface area contributed by atoms with Gasteiger partial charge in [0.05, 0.1) is 5.41 Å². The molecule has 3 heteroatoms. The van der Waals surface area contributed by atoms with Crippen molar-refractivity contribution in [2.24, 2.45) is 0 Å². The molecule has 3 rings (SSSR count). The van der Waals surface area contributed by atoms with Crippen LogP contribution in [0, 0.1) is 6.92 Å². The van der Waals surface area contributed by atoms with E-state index in [1.54, 1.807) is 6.20 Å². The van der Waals surface area contributed by atoms with Gasteiger partial charge in [0.1, 0.15) is 5.82 Å². The highest BCUT2D eigenvalue weighted by atomic mass is 16.2. The van der Waals surface area contributed by atoms with Gasteiger partial charge in [0.2, 0.25) is 5.91 Å². The molecule has 1 N–H and O–H groups in total. The van der Waals surface area contributed by atoms with Crippen LogP contribution in [0.2, 0.25) is 0 Å². The SMILES string of the molecule is Cc1cnc2c(c1)C1(CC1)C(=O)N2.[HH]. The number of anilines is 1. The quantitative estimate of drug-likeness (QED) is 0.652. The average Bonchev–Trinajstić information content (AvgIpc) is 2.83. The number of amides is 1. The van der Waals surface area contributed by atoms with Crippen LogP contribution >= 0.6 is 0 Å². The molecule has 3 nitrogen and oxygen atoms in total. The van der Waals surface area contributed by atoms with Gasteiger partial charge < -0.3 is 5.32 Å². The number of nitrogens with one attached hydrogen (secondary N) is 1. The van der Waals surface area contributed by atoms with Gasteiger partial charge in [0.15, 0.2) is 0 Å². The molecule has 0 atom stereocenters. The lowest BCUT2D eigenvalue weighted by Crippen LogP contribution is -2.18. The Kier molecular flexibility index (Phi) is 1.04. The van der Waals surface area contributed by atoms with Gasteiger partial charge in [-0.25, -0.2) is 4.98 Å². The second kappa shape index (κ2) is 1.92. The number of rotatable bonds is 0. The van der Waals surface area contributed by atoms with E-state index < -0.39 is 0 Å². The highest BCUT2D eigenvalue weighted by Gasteiger charge is 2.56.